The van der Waals surface area contributed by atoms with Gasteiger partial charge in [-0.25, -0.2) is 0 Å². The van der Waals surface area contributed by atoms with Crippen molar-refractivity contribution in [2.75, 3.05) is 7.05 Å². The molecule has 0 saturated heterocycles. The van der Waals surface area contributed by atoms with Crippen LogP contribution in [-0.2, 0) is 0 Å². The van der Waals surface area contributed by atoms with Gasteiger partial charge in [0.1, 0.15) is 5.75 Å². The van der Waals surface area contributed by atoms with Gasteiger partial charge in [0.05, 0.1) is 6.04 Å². The molecule has 1 rings (SSSR count). The number of benzene rings is 1. The molecule has 0 aliphatic carbocycles. The van der Waals surface area contributed by atoms with Crippen LogP contribution in [0.3, 0.4) is 0 Å². The predicted molar refractivity (Wildman–Crippen MR) is 66.8 cm³/mol. The fourth-order valence-corrected chi connectivity index (χ4v) is 1.55. The third kappa shape index (κ3) is 4.20. The van der Waals surface area contributed by atoms with Gasteiger partial charge in [0, 0.05) is 7.05 Å². The Morgan fingerprint density at radius 1 is 1.39 bits per heavy atom. The molecule has 4 nitrogen and oxygen atoms in total. The second-order valence-corrected chi connectivity index (χ2v) is 3.66. The molecule has 0 aliphatic rings. The van der Waals surface area contributed by atoms with E-state index in [1.165, 1.54) is 12.1 Å². The van der Waals surface area contributed by atoms with Crippen molar-refractivity contribution in [1.29, 1.82) is 0 Å². The Bertz CT molecular complexity index is 393. The van der Waals surface area contributed by atoms with Crippen LogP contribution >= 0.6 is 0 Å². The Hall–Kier alpha value is -1.85. The first-order valence-electron chi connectivity index (χ1n) is 5.60. The molecular weight excluding hydrogens is 240 g/mol. The minimum absolute atomic E-state index is 0.00528. The molecule has 0 aliphatic heterocycles. The topological polar surface area (TPSA) is 59.6 Å². The van der Waals surface area contributed by atoms with Crippen molar-refractivity contribution in [3.05, 3.63) is 29.8 Å². The molecule has 100 valence electrons. The molecule has 1 unspecified atom stereocenters. The lowest BCUT2D eigenvalue weighted by Gasteiger charge is -2.18. The van der Waals surface area contributed by atoms with Crippen LogP contribution in [-0.4, -0.2) is 19.6 Å². The van der Waals surface area contributed by atoms with Gasteiger partial charge in [-0.05, 0) is 24.1 Å². The van der Waals surface area contributed by atoms with E-state index >= 15 is 0 Å². The molecule has 0 spiro atoms. The van der Waals surface area contributed by atoms with Gasteiger partial charge in [0.25, 0.3) is 0 Å². The summed E-state index contributed by atoms with van der Waals surface area (Å²) in [5.74, 6) is 0.482. The van der Waals surface area contributed by atoms with E-state index in [9.17, 15) is 8.78 Å². The molecule has 0 amide bonds. The number of ether oxygens (including phenoxy) is 1. The number of rotatable bonds is 5. The summed E-state index contributed by atoms with van der Waals surface area (Å²) < 4.78 is 28.3. The number of hydrogen-bond acceptors (Lipinski definition) is 2. The van der Waals surface area contributed by atoms with Crippen LogP contribution in [0.4, 0.5) is 8.78 Å². The Labute approximate surface area is 105 Å². The van der Waals surface area contributed by atoms with E-state index in [0.717, 1.165) is 12.0 Å². The third-order valence-electron chi connectivity index (χ3n) is 2.48. The van der Waals surface area contributed by atoms with Crippen molar-refractivity contribution in [3.8, 4) is 5.75 Å². The molecule has 18 heavy (non-hydrogen) atoms. The maximum Gasteiger partial charge on any atom is 0.387 e. The van der Waals surface area contributed by atoms with Gasteiger partial charge >= 0.3 is 6.61 Å². The van der Waals surface area contributed by atoms with Crippen LogP contribution in [0.2, 0.25) is 0 Å². The van der Waals surface area contributed by atoms with Gasteiger partial charge < -0.3 is 15.8 Å². The largest absolute Gasteiger partial charge is 0.435 e. The second-order valence-electron chi connectivity index (χ2n) is 3.66. The van der Waals surface area contributed by atoms with Gasteiger partial charge in [0.15, 0.2) is 5.96 Å². The minimum Gasteiger partial charge on any atom is -0.435 e. The number of nitrogens with one attached hydrogen (secondary N) is 1. The quantitative estimate of drug-likeness (QED) is 0.628. The maximum atomic E-state index is 12.0. The average Bonchev–Trinajstić information content (AvgIpc) is 2.36. The summed E-state index contributed by atoms with van der Waals surface area (Å²) in [5.41, 5.74) is 6.53. The molecule has 0 bridgehead atoms. The first-order valence-corrected chi connectivity index (χ1v) is 5.60. The lowest BCUT2D eigenvalue weighted by atomic mass is 10.0. The summed E-state index contributed by atoms with van der Waals surface area (Å²) >= 11 is 0. The van der Waals surface area contributed by atoms with Crippen molar-refractivity contribution < 1.29 is 13.5 Å². The zero-order chi connectivity index (χ0) is 13.5. The standard InChI is InChI=1S/C12H17F2N3O/c1-3-10(17-12(15)16-2)8-4-6-9(7-5-8)18-11(13)14/h4-7,10-11H,3H2,1-2H3,(H3,15,16,17). The fourth-order valence-electron chi connectivity index (χ4n) is 1.55. The summed E-state index contributed by atoms with van der Waals surface area (Å²) in [6.45, 7) is -0.816. The second kappa shape index (κ2) is 6.78. The maximum absolute atomic E-state index is 12.0. The molecule has 0 aromatic heterocycles. The Kier molecular flexibility index (Phi) is 5.35. The van der Waals surface area contributed by atoms with Gasteiger partial charge in [-0.1, -0.05) is 19.1 Å². The number of nitrogens with two attached hydrogens (primary N) is 1. The number of hydrogen-bond donors (Lipinski definition) is 2. The molecule has 1 atom stereocenters. The first-order chi connectivity index (χ1) is 8.56. The highest BCUT2D eigenvalue weighted by Gasteiger charge is 2.10. The lowest BCUT2D eigenvalue weighted by Crippen LogP contribution is -2.34. The fraction of sp³-hybridized carbons (Fsp3) is 0.417. The molecule has 1 aromatic carbocycles. The van der Waals surface area contributed by atoms with Gasteiger partial charge in [-0.3, -0.25) is 4.99 Å². The Morgan fingerprint density at radius 2 is 2.00 bits per heavy atom. The van der Waals surface area contributed by atoms with E-state index in [0.29, 0.717) is 5.96 Å². The van der Waals surface area contributed by atoms with Crippen LogP contribution in [0.5, 0.6) is 5.75 Å². The number of halogens is 2. The molecule has 1 aromatic rings. The molecular formula is C12H17F2N3O. The smallest absolute Gasteiger partial charge is 0.387 e. The van der Waals surface area contributed by atoms with Crippen LogP contribution in [0.15, 0.2) is 29.3 Å². The zero-order valence-electron chi connectivity index (χ0n) is 10.4. The molecule has 3 N–H and O–H groups in total. The van der Waals surface area contributed by atoms with Gasteiger partial charge in [-0.15, -0.1) is 0 Å². The van der Waals surface area contributed by atoms with Crippen molar-refractivity contribution in [2.24, 2.45) is 10.7 Å². The van der Waals surface area contributed by atoms with E-state index < -0.39 is 6.61 Å². The summed E-state index contributed by atoms with van der Waals surface area (Å²) in [6.07, 6.45) is 0.797. The summed E-state index contributed by atoms with van der Waals surface area (Å²) in [7, 11) is 1.59. The minimum atomic E-state index is -2.81. The highest BCUT2D eigenvalue weighted by molar-refractivity contribution is 5.78. The third-order valence-corrected chi connectivity index (χ3v) is 2.48. The SMILES string of the molecule is CCC(NC(N)=NC)c1ccc(OC(F)F)cc1. The van der Waals surface area contributed by atoms with Crippen LogP contribution < -0.4 is 15.8 Å². The van der Waals surface area contributed by atoms with E-state index in [1.807, 2.05) is 6.92 Å². The molecule has 0 fully saturated rings. The van der Waals surface area contributed by atoms with E-state index in [1.54, 1.807) is 19.2 Å². The number of nitrogens with zero attached hydrogens (tertiary/aromatic N) is 1. The monoisotopic (exact) mass is 257 g/mol. The van der Waals surface area contributed by atoms with Crippen LogP contribution in [0.25, 0.3) is 0 Å². The highest BCUT2D eigenvalue weighted by Crippen LogP contribution is 2.21. The summed E-state index contributed by atoms with van der Waals surface area (Å²) in [4.78, 5) is 3.82. The van der Waals surface area contributed by atoms with E-state index in [2.05, 4.69) is 15.0 Å². The van der Waals surface area contributed by atoms with Crippen molar-refractivity contribution in [3.63, 3.8) is 0 Å². The lowest BCUT2D eigenvalue weighted by molar-refractivity contribution is -0.0498. The van der Waals surface area contributed by atoms with E-state index in [4.69, 9.17) is 5.73 Å². The molecule has 0 saturated carbocycles. The van der Waals surface area contributed by atoms with Crippen molar-refractivity contribution in [2.45, 2.75) is 26.0 Å². The number of alkyl halides is 2. The van der Waals surface area contributed by atoms with Gasteiger partial charge in [-0.2, -0.15) is 8.78 Å². The molecule has 0 heterocycles. The number of guanidine groups is 1. The zero-order valence-corrected chi connectivity index (χ0v) is 10.4. The normalized spacial score (nSPS) is 13.5. The van der Waals surface area contributed by atoms with Crippen molar-refractivity contribution >= 4 is 5.96 Å². The van der Waals surface area contributed by atoms with Gasteiger partial charge in [0.2, 0.25) is 0 Å². The Morgan fingerprint density at radius 3 is 2.44 bits per heavy atom. The molecule has 6 heteroatoms. The Balaban J connectivity index is 2.75. The summed E-state index contributed by atoms with van der Waals surface area (Å²) in [5, 5.41) is 3.03. The van der Waals surface area contributed by atoms with E-state index in [-0.39, 0.29) is 11.8 Å². The molecule has 0 radical (unpaired) electrons. The van der Waals surface area contributed by atoms with Crippen LogP contribution in [0, 0.1) is 0 Å². The number of aliphatic imine (C=N–C) groups is 1. The highest BCUT2D eigenvalue weighted by atomic mass is 19.3. The predicted octanol–water partition coefficient (Wildman–Crippen LogP) is 2.27. The first kappa shape index (κ1) is 14.2. The summed E-state index contributed by atoms with van der Waals surface area (Å²) in [6, 6.07) is 6.45. The van der Waals surface area contributed by atoms with Crippen LogP contribution in [0.1, 0.15) is 24.9 Å². The van der Waals surface area contributed by atoms with Crippen molar-refractivity contribution in [1.82, 2.24) is 5.32 Å². The average molecular weight is 257 g/mol.